The second kappa shape index (κ2) is 18.8. The summed E-state index contributed by atoms with van der Waals surface area (Å²) in [6.07, 6.45) is 4.40. The van der Waals surface area contributed by atoms with Gasteiger partial charge in [-0.2, -0.15) is 0 Å². The Morgan fingerprint density at radius 2 is 1.02 bits per heavy atom. The van der Waals surface area contributed by atoms with Gasteiger partial charge in [-0.05, 0) is 79.2 Å². The Morgan fingerprint density at radius 1 is 0.559 bits per heavy atom. The average molecular weight is 915 g/mol. The number of aromatic nitrogens is 4. The molecule has 0 spiro atoms. The van der Waals surface area contributed by atoms with E-state index in [0.717, 1.165) is 20.8 Å². The van der Waals surface area contributed by atoms with Gasteiger partial charge in [0.15, 0.2) is 0 Å². The number of fused-ring (bicyclic) bond motifs is 2. The maximum atomic E-state index is 13.2. The first-order valence-electron chi connectivity index (χ1n) is 17.6. The van der Waals surface area contributed by atoms with Gasteiger partial charge in [-0.3, -0.25) is 43.7 Å². The van der Waals surface area contributed by atoms with Gasteiger partial charge < -0.3 is 0 Å². The Bertz CT molecular complexity index is 3000. The summed E-state index contributed by atoms with van der Waals surface area (Å²) < 4.78 is 4.74. The van der Waals surface area contributed by atoms with Crippen molar-refractivity contribution < 1.29 is 14.6 Å². The molecule has 13 nitrogen and oxygen atoms in total. The molecular weight excluding hydrogens is 884 g/mol. The van der Waals surface area contributed by atoms with Crippen LogP contribution in [0.5, 0.6) is 0 Å². The maximum absolute atomic E-state index is 13.2. The van der Waals surface area contributed by atoms with E-state index in [1.807, 2.05) is 54.6 Å². The molecule has 0 aliphatic heterocycles. The van der Waals surface area contributed by atoms with Crippen molar-refractivity contribution in [2.24, 2.45) is 0 Å². The molecule has 0 N–H and O–H groups in total. The van der Waals surface area contributed by atoms with E-state index >= 15 is 0 Å². The van der Waals surface area contributed by atoms with Crippen molar-refractivity contribution >= 4 is 83.5 Å². The number of nitro benzene ring substituents is 2. The van der Waals surface area contributed by atoms with Crippen molar-refractivity contribution in [1.29, 1.82) is 0 Å². The van der Waals surface area contributed by atoms with Crippen molar-refractivity contribution in [2.75, 3.05) is 0 Å². The molecule has 0 saturated carbocycles. The highest BCUT2D eigenvalue weighted by Crippen LogP contribution is 2.21. The van der Waals surface area contributed by atoms with Crippen LogP contribution in [-0.4, -0.2) is 35.2 Å². The van der Waals surface area contributed by atoms with Gasteiger partial charge in [0.05, 0.1) is 43.0 Å². The molecule has 292 valence electrons. The molecule has 6 aromatic carbocycles. The van der Waals surface area contributed by atoms with Gasteiger partial charge in [-0.1, -0.05) is 98.6 Å². The summed E-state index contributed by atoms with van der Waals surface area (Å²) in [5.74, 6) is 0.872. The Hall–Kier alpha value is -7.23. The zero-order valence-corrected chi connectivity index (χ0v) is 34.1. The maximum Gasteiger partial charge on any atom is 0.271 e. The number of aryl methyl sites for hydroxylation is 1. The van der Waals surface area contributed by atoms with Crippen molar-refractivity contribution in [3.63, 3.8) is 0 Å². The van der Waals surface area contributed by atoms with Crippen LogP contribution in [-0.2, 0) is 0 Å². The van der Waals surface area contributed by atoms with Gasteiger partial charge in [0, 0.05) is 38.8 Å². The zero-order valence-electron chi connectivity index (χ0n) is 30.9. The van der Waals surface area contributed by atoms with E-state index in [4.69, 9.17) is 0 Å². The van der Waals surface area contributed by atoms with Gasteiger partial charge >= 0.3 is 0 Å². The molecule has 0 atom stereocenters. The van der Waals surface area contributed by atoms with E-state index in [9.17, 15) is 34.6 Å². The molecule has 2 heterocycles. The van der Waals surface area contributed by atoms with Crippen LogP contribution in [0.2, 0.25) is 0 Å². The van der Waals surface area contributed by atoms with Crippen molar-refractivity contribution in [3.05, 3.63) is 218 Å². The van der Waals surface area contributed by atoms with Crippen LogP contribution in [0.4, 0.5) is 11.4 Å². The van der Waals surface area contributed by atoms with E-state index in [1.54, 1.807) is 85.8 Å². The van der Waals surface area contributed by atoms with Gasteiger partial charge in [-0.25, -0.2) is 9.97 Å². The Balaban J connectivity index is 0.000000169. The highest BCUT2D eigenvalue weighted by Gasteiger charge is 2.15. The predicted octanol–water partition coefficient (Wildman–Crippen LogP) is 10.1. The first-order valence-corrected chi connectivity index (χ1v) is 19.2. The van der Waals surface area contributed by atoms with Gasteiger partial charge in [0.25, 0.3) is 22.5 Å². The largest absolute Gasteiger partial charge is 0.298 e. The lowest BCUT2D eigenvalue weighted by Gasteiger charge is -2.11. The minimum Gasteiger partial charge on any atom is -0.298 e. The van der Waals surface area contributed by atoms with E-state index < -0.39 is 9.85 Å². The van der Waals surface area contributed by atoms with Crippen LogP contribution >= 0.6 is 31.9 Å². The quantitative estimate of drug-likeness (QED) is 0.0857. The molecule has 0 amide bonds. The molecule has 0 saturated heterocycles. The summed E-state index contributed by atoms with van der Waals surface area (Å²) in [6.45, 7) is 1.70. The summed E-state index contributed by atoms with van der Waals surface area (Å²) >= 11 is 6.66. The van der Waals surface area contributed by atoms with Gasteiger partial charge in [0.1, 0.15) is 17.9 Å². The normalized spacial score (nSPS) is 10.7. The fourth-order valence-corrected chi connectivity index (χ4v) is 6.37. The molecule has 0 aliphatic carbocycles. The van der Waals surface area contributed by atoms with E-state index in [1.165, 1.54) is 33.4 Å². The Kier molecular flexibility index (Phi) is 13.2. The number of carbonyl (C=O) groups excluding carboxylic acids is 1. The minimum atomic E-state index is -0.488. The summed E-state index contributed by atoms with van der Waals surface area (Å²) in [7, 11) is 0. The Labute approximate surface area is 352 Å². The number of hydrogen-bond donors (Lipinski definition) is 0. The third-order valence-electron chi connectivity index (χ3n) is 8.64. The highest BCUT2D eigenvalue weighted by molar-refractivity contribution is 9.10. The topological polar surface area (TPSA) is 173 Å². The molecule has 0 radical (unpaired) electrons. The lowest BCUT2D eigenvalue weighted by Crippen LogP contribution is -2.22. The number of rotatable bonds is 7. The second-order valence-corrected chi connectivity index (χ2v) is 14.4. The van der Waals surface area contributed by atoms with E-state index in [2.05, 4.69) is 41.8 Å². The number of nitrogens with zero attached hydrogens (tertiary/aromatic N) is 6. The number of non-ortho nitro benzene ring substituents is 2. The SMILES string of the molecule is Cc1nc2ccccc2c(=O)n1-c1cccc([N+](=O)[O-])c1.O=Cc1ccc(Br)cc1.O=c1c2ccccc2nc(/C=C/c2ccc(Br)cc2)n1-c1cccc([N+](=O)[O-])c1. The van der Waals surface area contributed by atoms with Crippen LogP contribution in [0.25, 0.3) is 45.3 Å². The number of benzene rings is 6. The average Bonchev–Trinajstić information content (AvgIpc) is 3.24. The molecule has 0 unspecified atom stereocenters. The molecule has 8 rings (SSSR count). The van der Waals surface area contributed by atoms with E-state index in [-0.39, 0.29) is 22.5 Å². The second-order valence-electron chi connectivity index (χ2n) is 12.6. The van der Waals surface area contributed by atoms with E-state index in [0.29, 0.717) is 50.4 Å². The minimum absolute atomic E-state index is 0.0630. The fourth-order valence-electron chi connectivity index (χ4n) is 5.84. The number of hydrogen-bond acceptors (Lipinski definition) is 9. The van der Waals surface area contributed by atoms with Crippen molar-refractivity contribution in [2.45, 2.75) is 6.92 Å². The molecule has 0 aliphatic rings. The van der Waals surface area contributed by atoms with Crippen LogP contribution in [0, 0.1) is 27.2 Å². The van der Waals surface area contributed by atoms with Crippen molar-refractivity contribution in [3.8, 4) is 11.4 Å². The first-order chi connectivity index (χ1) is 28.4. The van der Waals surface area contributed by atoms with Crippen LogP contribution in [0.15, 0.2) is 164 Å². The van der Waals surface area contributed by atoms with Crippen LogP contribution in [0.1, 0.15) is 27.6 Å². The summed E-state index contributed by atoms with van der Waals surface area (Å²) in [5.41, 5.74) is 2.96. The smallest absolute Gasteiger partial charge is 0.271 e. The third-order valence-corrected chi connectivity index (χ3v) is 9.70. The first kappa shape index (κ1) is 41.4. The molecule has 0 fully saturated rings. The molecule has 2 aromatic heterocycles. The number of nitro groups is 2. The number of halogens is 2. The zero-order chi connectivity index (χ0) is 42.1. The molecule has 0 bridgehead atoms. The molecule has 8 aromatic rings. The third kappa shape index (κ3) is 10.0. The molecular formula is C44H30Br2N6O7. The number of para-hydroxylation sites is 2. The van der Waals surface area contributed by atoms with Crippen LogP contribution in [0.3, 0.4) is 0 Å². The fraction of sp³-hybridized carbons (Fsp3) is 0.0227. The number of aldehydes is 1. The summed E-state index contributed by atoms with van der Waals surface area (Å²) in [4.78, 5) is 66.0. The van der Waals surface area contributed by atoms with Crippen molar-refractivity contribution in [1.82, 2.24) is 19.1 Å². The number of carbonyl (C=O) groups is 1. The molecule has 59 heavy (non-hydrogen) atoms. The van der Waals surface area contributed by atoms with Gasteiger partial charge in [-0.15, -0.1) is 0 Å². The molecule has 15 heteroatoms. The lowest BCUT2D eigenvalue weighted by molar-refractivity contribution is -0.385. The lowest BCUT2D eigenvalue weighted by atomic mass is 10.2. The predicted molar refractivity (Wildman–Crippen MR) is 235 cm³/mol. The van der Waals surface area contributed by atoms with Crippen LogP contribution < -0.4 is 11.1 Å². The highest BCUT2D eigenvalue weighted by atomic mass is 79.9. The van der Waals surface area contributed by atoms with Gasteiger partial charge in [0.2, 0.25) is 0 Å². The monoisotopic (exact) mass is 912 g/mol. The Morgan fingerprint density at radius 3 is 1.53 bits per heavy atom. The summed E-state index contributed by atoms with van der Waals surface area (Å²) in [5, 5.41) is 23.0. The standard InChI is InChI=1S/C22H14BrN3O3.C15H11N3O3.C7H5BrO/c23-16-11-8-15(9-12-16)10-13-21-24-20-7-2-1-6-19(20)22(27)25(21)17-4-3-5-18(14-17)26(28)29;1-10-16-14-8-3-2-7-13(14)15(19)17(10)11-5-4-6-12(9-11)18(20)21;8-7-3-1-6(5-9)2-4-7/h1-14H;2-9H,1H3;1-5H/b13-10+;;. The summed E-state index contributed by atoms with van der Waals surface area (Å²) in [6, 6.07) is 40.9.